The van der Waals surface area contributed by atoms with E-state index in [-0.39, 0.29) is 60.5 Å². The van der Waals surface area contributed by atoms with Crippen molar-refractivity contribution in [2.45, 2.75) is 95.8 Å². The second-order valence-corrected chi connectivity index (χ2v) is 12.9. The first-order valence-electron chi connectivity index (χ1n) is 14.1. The van der Waals surface area contributed by atoms with Crippen LogP contribution in [0.2, 0.25) is 0 Å². The smallest absolute Gasteiger partial charge is 0.203 e. The average Bonchev–Trinajstić information content (AvgIpc) is 3.39. The Hall–Kier alpha value is -1.15. The van der Waals surface area contributed by atoms with E-state index in [1.54, 1.807) is 7.11 Å². The quantitative estimate of drug-likeness (QED) is 0.380. The maximum atomic E-state index is 14.1. The number of aliphatic hydroxyl groups excluding tert-OH is 4. The lowest BCUT2D eigenvalue weighted by molar-refractivity contribution is -0.377. The van der Waals surface area contributed by atoms with Crippen molar-refractivity contribution in [3.8, 4) is 0 Å². The molecule has 39 heavy (non-hydrogen) atoms. The topological polar surface area (TPSA) is 153 Å². The van der Waals surface area contributed by atoms with Gasteiger partial charge < -0.3 is 48.8 Å². The molecule has 6 rings (SSSR count). The van der Waals surface area contributed by atoms with E-state index in [1.807, 2.05) is 6.08 Å². The Labute approximate surface area is 228 Å². The largest absolute Gasteiger partial charge is 0.493 e. The summed E-state index contributed by atoms with van der Waals surface area (Å²) in [6, 6.07) is 0. The number of hydrogen-bond acceptors (Lipinski definition) is 11. The third-order valence-corrected chi connectivity index (χ3v) is 11.3. The van der Waals surface area contributed by atoms with Gasteiger partial charge in [0.1, 0.15) is 31.2 Å². The second-order valence-electron chi connectivity index (χ2n) is 12.9. The van der Waals surface area contributed by atoms with Crippen LogP contribution in [0, 0.1) is 40.4 Å². The summed E-state index contributed by atoms with van der Waals surface area (Å²) in [7, 11) is 1.54. The second kappa shape index (κ2) is 9.71. The van der Waals surface area contributed by atoms with Crippen molar-refractivity contribution in [3.05, 3.63) is 11.8 Å². The maximum absolute atomic E-state index is 14.1. The van der Waals surface area contributed by atoms with E-state index in [4.69, 9.17) is 28.4 Å². The fraction of sp³-hybridized carbons (Fsp3) is 0.893. The normalized spacial score (nSPS) is 56.7. The molecule has 0 aromatic rings. The van der Waals surface area contributed by atoms with Crippen molar-refractivity contribution in [1.29, 1.82) is 0 Å². The first-order chi connectivity index (χ1) is 18.5. The Morgan fingerprint density at radius 1 is 1.00 bits per heavy atom. The van der Waals surface area contributed by atoms with Gasteiger partial charge in [-0.2, -0.15) is 0 Å². The number of ether oxygens (including phenoxy) is 6. The number of carbonyl (C=O) groups is 1. The zero-order valence-corrected chi connectivity index (χ0v) is 23.1. The van der Waals surface area contributed by atoms with Crippen LogP contribution in [0.4, 0.5) is 0 Å². The van der Waals surface area contributed by atoms with Crippen LogP contribution in [0.25, 0.3) is 0 Å². The highest BCUT2D eigenvalue weighted by molar-refractivity contribution is 5.99. The maximum Gasteiger partial charge on any atom is 0.203 e. The summed E-state index contributed by atoms with van der Waals surface area (Å²) in [6.45, 7) is 8.15. The van der Waals surface area contributed by atoms with Gasteiger partial charge in [0.2, 0.25) is 5.78 Å². The summed E-state index contributed by atoms with van der Waals surface area (Å²) in [5, 5.41) is 40.7. The molecule has 3 heterocycles. The van der Waals surface area contributed by atoms with Crippen LogP contribution >= 0.6 is 0 Å². The predicted octanol–water partition coefficient (Wildman–Crippen LogP) is 0.323. The molecule has 11 nitrogen and oxygen atoms in total. The van der Waals surface area contributed by atoms with E-state index in [2.05, 4.69) is 27.7 Å². The van der Waals surface area contributed by atoms with Gasteiger partial charge in [-0.25, -0.2) is 0 Å². The minimum absolute atomic E-state index is 0.0000186. The Balaban J connectivity index is 1.36. The molecular weight excluding hydrogens is 512 g/mol. The van der Waals surface area contributed by atoms with Crippen LogP contribution < -0.4 is 0 Å². The molecule has 3 aliphatic carbocycles. The molecule has 3 aliphatic heterocycles. The number of hydrogen-bond donors (Lipinski definition) is 4. The zero-order chi connectivity index (χ0) is 28.0. The highest BCUT2D eigenvalue weighted by Crippen LogP contribution is 2.69. The van der Waals surface area contributed by atoms with E-state index in [9.17, 15) is 25.2 Å². The molecule has 3 saturated heterocycles. The number of ketones is 1. The van der Waals surface area contributed by atoms with Crippen LogP contribution in [-0.2, 0) is 33.2 Å². The standard InChI is InChI=1S/C28H42O11/c1-11-6-15(34-5)25(33)28(4)13(11)7-17-27(3)14(12(2)22-23(24(27)28)36-10-35-22)8-18(38-17)39-26-21(32)20(31)19(30)16(9-29)37-26/h6,11-14,16-24,26,29-32H,7-10H2,1-5H3/t11?,12?,13?,14-,16+,17+,18?,19?,20-,21?,22?,23?,24?,26-,27+,28-/m0/s1. The molecule has 2 saturated carbocycles. The molecule has 6 aliphatic rings. The Kier molecular flexibility index (Phi) is 6.97. The van der Waals surface area contributed by atoms with Gasteiger partial charge in [-0.3, -0.25) is 4.79 Å². The summed E-state index contributed by atoms with van der Waals surface area (Å²) in [5.41, 5.74) is -1.19. The summed E-state index contributed by atoms with van der Waals surface area (Å²) in [4.78, 5) is 14.1. The number of fused-ring (bicyclic) bond motifs is 4. The van der Waals surface area contributed by atoms with Gasteiger partial charge in [0.15, 0.2) is 18.3 Å². The predicted molar refractivity (Wildman–Crippen MR) is 132 cm³/mol. The highest BCUT2D eigenvalue weighted by Gasteiger charge is 2.74. The van der Waals surface area contributed by atoms with E-state index in [1.165, 1.54) is 0 Å². The lowest BCUT2D eigenvalue weighted by Gasteiger charge is -2.69. The van der Waals surface area contributed by atoms with Crippen molar-refractivity contribution >= 4 is 5.78 Å². The Morgan fingerprint density at radius 2 is 1.72 bits per heavy atom. The molecule has 5 fully saturated rings. The van der Waals surface area contributed by atoms with Crippen molar-refractivity contribution < 1.29 is 53.6 Å². The average molecular weight is 555 g/mol. The molecule has 0 aromatic heterocycles. The van der Waals surface area contributed by atoms with Gasteiger partial charge in [0, 0.05) is 23.2 Å². The molecule has 0 amide bonds. The molecule has 220 valence electrons. The molecule has 16 atom stereocenters. The van der Waals surface area contributed by atoms with Crippen molar-refractivity contribution in [2.24, 2.45) is 40.4 Å². The fourth-order valence-corrected chi connectivity index (χ4v) is 9.35. The van der Waals surface area contributed by atoms with Crippen LogP contribution in [0.1, 0.15) is 40.5 Å². The fourth-order valence-electron chi connectivity index (χ4n) is 9.35. The highest BCUT2D eigenvalue weighted by atomic mass is 16.8. The lowest BCUT2D eigenvalue weighted by Crippen LogP contribution is -2.73. The molecule has 0 bridgehead atoms. The summed E-state index contributed by atoms with van der Waals surface area (Å²) in [6.07, 6.45) is -5.43. The molecule has 9 unspecified atom stereocenters. The number of carbonyl (C=O) groups excluding carboxylic acids is 1. The molecule has 0 aromatic carbocycles. The van der Waals surface area contributed by atoms with Crippen molar-refractivity contribution in [2.75, 3.05) is 20.5 Å². The first-order valence-corrected chi connectivity index (χ1v) is 14.1. The number of allylic oxidation sites excluding steroid dienone is 2. The minimum Gasteiger partial charge on any atom is -0.493 e. The number of methoxy groups -OCH3 is 1. The Morgan fingerprint density at radius 3 is 2.41 bits per heavy atom. The van der Waals surface area contributed by atoms with Crippen LogP contribution in [0.15, 0.2) is 11.8 Å². The van der Waals surface area contributed by atoms with E-state index in [0.29, 0.717) is 18.6 Å². The molecular formula is C28H42O11. The van der Waals surface area contributed by atoms with E-state index >= 15 is 0 Å². The summed E-state index contributed by atoms with van der Waals surface area (Å²) in [5.74, 6) is 0.327. The van der Waals surface area contributed by atoms with Gasteiger partial charge >= 0.3 is 0 Å². The third kappa shape index (κ3) is 3.78. The molecule has 11 heteroatoms. The van der Waals surface area contributed by atoms with Gasteiger partial charge in [-0.1, -0.05) is 27.7 Å². The number of aliphatic hydroxyl groups is 4. The molecule has 4 N–H and O–H groups in total. The summed E-state index contributed by atoms with van der Waals surface area (Å²) >= 11 is 0. The monoisotopic (exact) mass is 554 g/mol. The molecule has 0 radical (unpaired) electrons. The third-order valence-electron chi connectivity index (χ3n) is 11.3. The van der Waals surface area contributed by atoms with E-state index < -0.39 is 54.4 Å². The lowest BCUT2D eigenvalue weighted by atomic mass is 9.38. The SMILES string of the molecule is COC1=CC(C)C2C[C@H]3OC(O[C@@H]4O[C@H](CO)C(O)[C@H](O)C4O)C[C@H]4C(C)C5OCOC5C([C@@]2(C)C1=O)[C@@]34C. The zero-order valence-electron chi connectivity index (χ0n) is 23.1. The van der Waals surface area contributed by atoms with Gasteiger partial charge in [0.05, 0.1) is 32.0 Å². The van der Waals surface area contributed by atoms with Gasteiger partial charge in [-0.05, 0) is 36.2 Å². The van der Waals surface area contributed by atoms with Gasteiger partial charge in [0.25, 0.3) is 0 Å². The van der Waals surface area contributed by atoms with Crippen LogP contribution in [0.3, 0.4) is 0 Å². The van der Waals surface area contributed by atoms with Crippen LogP contribution in [0.5, 0.6) is 0 Å². The molecule has 0 spiro atoms. The van der Waals surface area contributed by atoms with E-state index in [0.717, 1.165) is 0 Å². The first kappa shape index (κ1) is 28.0. The van der Waals surface area contributed by atoms with Crippen LogP contribution in [-0.4, -0.2) is 102 Å². The Bertz CT molecular complexity index is 1000. The minimum atomic E-state index is -1.54. The summed E-state index contributed by atoms with van der Waals surface area (Å²) < 4.78 is 36.4. The van der Waals surface area contributed by atoms with Crippen molar-refractivity contribution in [1.82, 2.24) is 0 Å². The number of Topliss-reactive ketones (excluding diaryl/α,β-unsaturated/α-hetero) is 1. The van der Waals surface area contributed by atoms with Gasteiger partial charge in [-0.15, -0.1) is 0 Å². The number of rotatable bonds is 4. The van der Waals surface area contributed by atoms with Crippen molar-refractivity contribution in [3.63, 3.8) is 0 Å².